The summed E-state index contributed by atoms with van der Waals surface area (Å²) < 4.78 is 40.6. The van der Waals surface area contributed by atoms with Crippen LogP contribution in [-0.2, 0) is 17.1 Å². The fourth-order valence-corrected chi connectivity index (χ4v) is 5.45. The molecule has 0 fully saturated rings. The normalized spacial score (nSPS) is 18.2. The Kier molecular flexibility index (Phi) is 8.78. The zero-order valence-corrected chi connectivity index (χ0v) is 23.9. The van der Waals surface area contributed by atoms with Crippen molar-refractivity contribution < 1.29 is 27.8 Å². The van der Waals surface area contributed by atoms with Crippen molar-refractivity contribution in [2.45, 2.75) is 31.0 Å². The fourth-order valence-electron chi connectivity index (χ4n) is 4.31. The topological polar surface area (TPSA) is 127 Å². The molecular weight excluding hydrogens is 534 g/mol. The van der Waals surface area contributed by atoms with Crippen LogP contribution in [0.1, 0.15) is 35.3 Å². The fraction of sp³-hybridized carbons (Fsp3) is 0.393. The van der Waals surface area contributed by atoms with Crippen molar-refractivity contribution >= 4 is 15.9 Å². The lowest BCUT2D eigenvalue weighted by molar-refractivity contribution is 0.0373. The second-order valence-electron chi connectivity index (χ2n) is 9.81. The van der Waals surface area contributed by atoms with Gasteiger partial charge in [0.05, 0.1) is 38.2 Å². The average molecular weight is 568 g/mol. The molecule has 212 valence electrons. The number of amides is 1. The number of ether oxygens (including phenoxy) is 2. The minimum Gasteiger partial charge on any atom is -0.495 e. The lowest BCUT2D eigenvalue weighted by Gasteiger charge is -2.37. The maximum absolute atomic E-state index is 13.6. The molecule has 0 aliphatic carbocycles. The smallest absolute Gasteiger partial charge is 0.261 e. The summed E-state index contributed by atoms with van der Waals surface area (Å²) in [4.78, 5) is 23.6. The quantitative estimate of drug-likeness (QED) is 0.428. The standard InChI is InChI=1S/C28H33N5O6S/c1-19-14-33(20(2)17-34)28(35)23-12-21(10-11-22-8-6-7-9-24(22)38-5)13-29-27(23)39-25(19)15-32(4)40(36,37)26-16-31(3)18-30-26/h6-9,12-13,16,18-20,25,34H,14-15,17H2,1-5H3/t19-,20+,25-/m1/s1. The van der Waals surface area contributed by atoms with Crippen LogP contribution in [0.3, 0.4) is 0 Å². The monoisotopic (exact) mass is 567 g/mol. The van der Waals surface area contributed by atoms with Gasteiger partial charge in [-0.2, -0.15) is 4.31 Å². The highest BCUT2D eigenvalue weighted by molar-refractivity contribution is 7.89. The van der Waals surface area contributed by atoms with Crippen LogP contribution >= 0.6 is 0 Å². The number of carbonyl (C=O) groups is 1. The SMILES string of the molecule is COc1ccccc1C#Cc1cnc2c(c1)C(=O)N([C@@H](C)CO)C[C@@H](C)[C@@H](CN(C)S(=O)(=O)c1cn(C)cn1)O2. The van der Waals surface area contributed by atoms with Crippen molar-refractivity contribution in [1.82, 2.24) is 23.7 Å². The van der Waals surface area contributed by atoms with Gasteiger partial charge in [0.25, 0.3) is 15.9 Å². The first-order chi connectivity index (χ1) is 19.0. The summed E-state index contributed by atoms with van der Waals surface area (Å²) in [6.07, 6.45) is 3.71. The molecular formula is C28H33N5O6S. The molecule has 3 heterocycles. The third-order valence-corrected chi connectivity index (χ3v) is 8.47. The number of aliphatic hydroxyl groups is 1. The van der Waals surface area contributed by atoms with E-state index in [0.29, 0.717) is 16.9 Å². The van der Waals surface area contributed by atoms with E-state index >= 15 is 0 Å². The van der Waals surface area contributed by atoms with E-state index in [-0.39, 0.29) is 48.0 Å². The number of hydrogen-bond donors (Lipinski definition) is 1. The van der Waals surface area contributed by atoms with Crippen LogP contribution in [0.4, 0.5) is 0 Å². The van der Waals surface area contributed by atoms with Crippen molar-refractivity contribution in [1.29, 1.82) is 0 Å². The van der Waals surface area contributed by atoms with E-state index in [2.05, 4.69) is 21.8 Å². The van der Waals surface area contributed by atoms with E-state index in [1.807, 2.05) is 25.1 Å². The van der Waals surface area contributed by atoms with Gasteiger partial charge in [0.1, 0.15) is 17.4 Å². The number of aromatic nitrogens is 3. The van der Waals surface area contributed by atoms with E-state index in [1.165, 1.54) is 30.1 Å². The van der Waals surface area contributed by atoms with Gasteiger partial charge in [0.15, 0.2) is 5.03 Å². The van der Waals surface area contributed by atoms with Gasteiger partial charge in [-0.1, -0.05) is 30.9 Å². The minimum absolute atomic E-state index is 0.00785. The Hall–Kier alpha value is -3.92. The second-order valence-corrected chi connectivity index (χ2v) is 11.8. The molecule has 0 bridgehead atoms. The van der Waals surface area contributed by atoms with Gasteiger partial charge in [-0.15, -0.1) is 0 Å². The zero-order valence-electron chi connectivity index (χ0n) is 23.1. The van der Waals surface area contributed by atoms with E-state index < -0.39 is 22.2 Å². The Bertz CT molecular complexity index is 1540. The molecule has 3 atom stereocenters. The highest BCUT2D eigenvalue weighted by atomic mass is 32.2. The largest absolute Gasteiger partial charge is 0.495 e. The molecule has 1 aliphatic rings. The number of hydrogen-bond acceptors (Lipinski definition) is 8. The molecule has 11 nitrogen and oxygen atoms in total. The first-order valence-corrected chi connectivity index (χ1v) is 14.2. The summed E-state index contributed by atoms with van der Waals surface area (Å²) in [5, 5.41) is 9.82. The second kappa shape index (κ2) is 12.1. The highest BCUT2D eigenvalue weighted by Gasteiger charge is 2.36. The predicted molar refractivity (Wildman–Crippen MR) is 147 cm³/mol. The number of benzene rings is 1. The molecule has 0 spiro atoms. The molecule has 2 aromatic heterocycles. The lowest BCUT2D eigenvalue weighted by Crippen LogP contribution is -2.50. The van der Waals surface area contributed by atoms with Crippen LogP contribution in [0.5, 0.6) is 11.6 Å². The molecule has 1 aromatic carbocycles. The number of imidazole rings is 1. The first kappa shape index (κ1) is 29.1. The van der Waals surface area contributed by atoms with Crippen molar-refractivity contribution in [3.63, 3.8) is 0 Å². The third kappa shape index (κ3) is 6.12. The number of aryl methyl sites for hydroxylation is 1. The number of nitrogens with zero attached hydrogens (tertiary/aromatic N) is 5. The molecule has 4 rings (SSSR count). The summed E-state index contributed by atoms with van der Waals surface area (Å²) in [5.41, 5.74) is 1.35. The lowest BCUT2D eigenvalue weighted by atomic mass is 10.0. The Labute approximate surface area is 234 Å². The molecule has 0 radical (unpaired) electrons. The number of aliphatic hydroxyl groups excluding tert-OH is 1. The number of methoxy groups -OCH3 is 1. The Morgan fingerprint density at radius 1 is 1.27 bits per heavy atom. The average Bonchev–Trinajstić information content (AvgIpc) is 3.40. The summed E-state index contributed by atoms with van der Waals surface area (Å²) in [7, 11) is 0.841. The van der Waals surface area contributed by atoms with Crippen LogP contribution in [0.2, 0.25) is 0 Å². The maximum Gasteiger partial charge on any atom is 0.261 e. The molecule has 1 aliphatic heterocycles. The molecule has 1 N–H and O–H groups in total. The Morgan fingerprint density at radius 3 is 2.70 bits per heavy atom. The van der Waals surface area contributed by atoms with Crippen LogP contribution in [0, 0.1) is 17.8 Å². The third-order valence-electron chi connectivity index (χ3n) is 6.76. The summed E-state index contributed by atoms with van der Waals surface area (Å²) in [6.45, 7) is 3.60. The molecule has 1 amide bonds. The van der Waals surface area contributed by atoms with Gasteiger partial charge in [-0.05, 0) is 25.1 Å². The molecule has 0 saturated heterocycles. The van der Waals surface area contributed by atoms with Crippen LogP contribution in [0.15, 0.2) is 54.1 Å². The number of pyridine rings is 1. The Morgan fingerprint density at radius 2 is 2.02 bits per heavy atom. The molecule has 12 heteroatoms. The van der Waals surface area contributed by atoms with Crippen molar-refractivity contribution in [2.24, 2.45) is 13.0 Å². The molecule has 0 saturated carbocycles. The summed E-state index contributed by atoms with van der Waals surface area (Å²) in [5.74, 6) is 6.12. The van der Waals surface area contributed by atoms with Gasteiger partial charge in [0.2, 0.25) is 5.88 Å². The zero-order chi connectivity index (χ0) is 29.0. The Balaban J connectivity index is 1.69. The van der Waals surface area contributed by atoms with Gasteiger partial charge >= 0.3 is 0 Å². The molecule has 3 aromatic rings. The molecule has 0 unspecified atom stereocenters. The van der Waals surface area contributed by atoms with Gasteiger partial charge in [-0.25, -0.2) is 18.4 Å². The number of likely N-dealkylation sites (N-methyl/N-ethyl adjacent to an activating group) is 1. The van der Waals surface area contributed by atoms with Crippen molar-refractivity contribution in [3.8, 4) is 23.5 Å². The number of sulfonamides is 1. The van der Waals surface area contributed by atoms with Gasteiger partial charge < -0.3 is 24.0 Å². The van der Waals surface area contributed by atoms with E-state index in [4.69, 9.17) is 9.47 Å². The van der Waals surface area contributed by atoms with Gasteiger partial charge in [0, 0.05) is 44.5 Å². The van der Waals surface area contributed by atoms with E-state index in [1.54, 1.807) is 42.7 Å². The number of carbonyl (C=O) groups excluding carboxylic acids is 1. The number of rotatable bonds is 7. The highest BCUT2D eigenvalue weighted by Crippen LogP contribution is 2.28. The van der Waals surface area contributed by atoms with E-state index in [0.717, 1.165) is 0 Å². The van der Waals surface area contributed by atoms with Crippen molar-refractivity contribution in [3.05, 3.63) is 65.7 Å². The summed E-state index contributed by atoms with van der Waals surface area (Å²) >= 11 is 0. The van der Waals surface area contributed by atoms with Crippen LogP contribution < -0.4 is 9.47 Å². The van der Waals surface area contributed by atoms with Crippen LogP contribution in [0.25, 0.3) is 0 Å². The minimum atomic E-state index is -3.88. The van der Waals surface area contributed by atoms with Crippen LogP contribution in [-0.4, -0.2) is 89.2 Å². The first-order valence-electron chi connectivity index (χ1n) is 12.7. The van der Waals surface area contributed by atoms with Gasteiger partial charge in [-0.3, -0.25) is 4.79 Å². The molecule has 40 heavy (non-hydrogen) atoms. The van der Waals surface area contributed by atoms with Crippen molar-refractivity contribution in [2.75, 3.05) is 33.9 Å². The maximum atomic E-state index is 13.6. The number of para-hydroxylation sites is 1. The van der Waals surface area contributed by atoms with E-state index in [9.17, 15) is 18.3 Å². The predicted octanol–water partition coefficient (Wildman–Crippen LogP) is 1.76. The number of fused-ring (bicyclic) bond motifs is 1. The summed E-state index contributed by atoms with van der Waals surface area (Å²) in [6, 6.07) is 8.45.